The Balaban J connectivity index is 4.88. The molecule has 0 radical (unpaired) electrons. The monoisotopic (exact) mass is 951 g/mol. The van der Waals surface area contributed by atoms with E-state index in [-0.39, 0.29) is 114 Å². The van der Waals surface area contributed by atoms with Crippen molar-refractivity contribution in [2.24, 2.45) is 84.5 Å². The predicted molar refractivity (Wildman–Crippen MR) is 251 cm³/mol. The van der Waals surface area contributed by atoms with E-state index in [1.165, 1.54) is 0 Å². The Labute approximate surface area is 389 Å². The summed E-state index contributed by atoms with van der Waals surface area (Å²) in [4.78, 5) is 109. The lowest BCUT2D eigenvalue weighted by molar-refractivity contribution is -0.159. The smallest absolute Gasteiger partial charge is 0.327 e. The molecule has 1 aromatic rings. The number of ketones is 4. The molecule has 67 heavy (non-hydrogen) atoms. The molecule has 0 aliphatic heterocycles. The number of carbonyl (C=O) groups is 7. The third-order valence-corrected chi connectivity index (χ3v) is 10.8. The molecule has 29 N–H and O–H groups in total. The maximum absolute atomic E-state index is 15.0. The van der Waals surface area contributed by atoms with Crippen LogP contribution in [0.5, 0.6) is 5.75 Å². The molecule has 1 rings (SSSR count). The number of rotatable bonds is 33. The first-order valence-electron chi connectivity index (χ1n) is 22.0. The van der Waals surface area contributed by atoms with Crippen LogP contribution in [-0.2, 0) is 20.8 Å². The number of aliphatic hydroxyl groups excluding tert-OH is 1. The van der Waals surface area contributed by atoms with Gasteiger partial charge in [-0.1, -0.05) is 6.42 Å². The highest BCUT2D eigenvalue weighted by Gasteiger charge is 2.45. The second kappa shape index (κ2) is 29.3. The molecule has 0 aliphatic rings. The van der Waals surface area contributed by atoms with Gasteiger partial charge in [0, 0.05) is 30.6 Å². The summed E-state index contributed by atoms with van der Waals surface area (Å²) < 4.78 is 0. The molecule has 0 aromatic heterocycles. The number of hydrogen-bond donors (Lipinski definition) is 16. The lowest BCUT2D eigenvalue weighted by Gasteiger charge is -2.33. The summed E-state index contributed by atoms with van der Waals surface area (Å²) in [7, 11) is 0. The molecule has 378 valence electrons. The predicted octanol–water partition coefficient (Wildman–Crippen LogP) is -5.47. The first-order valence-corrected chi connectivity index (χ1v) is 22.0. The number of phenols is 1. The minimum absolute atomic E-state index is 0.0300. The van der Waals surface area contributed by atoms with Crippen LogP contribution < -0.4 is 74.5 Å². The molecule has 0 bridgehead atoms. The number of nitrogens with two attached hydrogens (primary N) is 13. The van der Waals surface area contributed by atoms with Crippen molar-refractivity contribution < 1.29 is 48.9 Å². The molecule has 8 atom stereocenters. The number of carbonyl (C=O) groups excluding carboxylic acids is 6. The Morgan fingerprint density at radius 1 is 0.537 bits per heavy atom. The third-order valence-electron chi connectivity index (χ3n) is 10.8. The number of carboxylic acid groups (broad SMARTS) is 1. The first kappa shape index (κ1) is 59.5. The van der Waals surface area contributed by atoms with Crippen LogP contribution in [0.2, 0.25) is 0 Å². The van der Waals surface area contributed by atoms with Gasteiger partial charge in [0.1, 0.15) is 11.8 Å². The van der Waals surface area contributed by atoms with E-state index in [1.807, 2.05) is 0 Å². The quantitative estimate of drug-likeness (QED) is 0.0135. The Morgan fingerprint density at radius 2 is 0.896 bits per heavy atom. The molecule has 0 heterocycles. The number of aromatic hydroxyl groups is 1. The summed E-state index contributed by atoms with van der Waals surface area (Å²) in [6.45, 7) is 1.31. The molecule has 26 nitrogen and oxygen atoms in total. The molecular weight excluding hydrogens is 877 g/mol. The van der Waals surface area contributed by atoms with Gasteiger partial charge in [0.05, 0.1) is 53.5 Å². The average molecular weight is 951 g/mol. The van der Waals surface area contributed by atoms with E-state index in [1.54, 1.807) is 0 Å². The number of aliphatic hydroxyl groups is 1. The zero-order chi connectivity index (χ0) is 51.3. The SMILES string of the molecule is CC(O)C(N)C(=O)c1c(CC(C(=O)O)N(C(=O)C(N)CCCN)C(=O)C(N)CCCCN)c(C(=O)C(N)CCCN=C(N)N)c(C(=O)C(N)CCCN=C(N)N)c(O)c1C(=O)C(N)CCCN. The lowest BCUT2D eigenvalue weighted by Crippen LogP contribution is -2.59. The minimum atomic E-state index is -2.43. The number of phenolic OH excluding ortho intramolecular Hbond substituents is 1. The number of aliphatic imine (C=N–C) groups is 2. The van der Waals surface area contributed by atoms with Crippen molar-refractivity contribution in [1.82, 2.24) is 4.90 Å². The first-order chi connectivity index (χ1) is 31.4. The molecule has 2 amide bonds. The number of carboxylic acids is 1. The lowest BCUT2D eigenvalue weighted by atomic mass is 9.77. The van der Waals surface area contributed by atoms with Crippen LogP contribution in [0.4, 0.5) is 0 Å². The number of aliphatic carboxylic acids is 1. The molecular formula is C41H74N16O10. The fourth-order valence-corrected chi connectivity index (χ4v) is 7.08. The number of imide groups is 1. The van der Waals surface area contributed by atoms with Gasteiger partial charge in [0.15, 0.2) is 35.1 Å². The summed E-state index contributed by atoms with van der Waals surface area (Å²) in [5.41, 5.74) is 71.9. The van der Waals surface area contributed by atoms with E-state index >= 15 is 4.79 Å². The minimum Gasteiger partial charge on any atom is -0.506 e. The van der Waals surface area contributed by atoms with Crippen molar-refractivity contribution in [3.05, 3.63) is 27.8 Å². The number of guanidine groups is 2. The Kier molecular flexibility index (Phi) is 26.0. The van der Waals surface area contributed by atoms with Gasteiger partial charge >= 0.3 is 5.97 Å². The number of Topliss-reactive ketones (excluding diaryl/α,β-unsaturated/α-hetero) is 4. The molecule has 26 heteroatoms. The molecule has 0 saturated carbocycles. The van der Waals surface area contributed by atoms with Gasteiger partial charge < -0.3 is 89.9 Å². The van der Waals surface area contributed by atoms with E-state index in [9.17, 15) is 44.1 Å². The highest BCUT2D eigenvalue weighted by molar-refractivity contribution is 6.22. The standard InChI is InChI=1S/C41H74N16O10/c1-19(58)31(50)36(63)28-20(18-26(39(66)67)57(38(65)25(49)10-5-15-44)37(64)24(48)8-2-3-13-42)27(32(59)22(46)11-6-16-55-40(51)52)29(34(61)23(47)12-7-17-56-41(53)54)35(62)30(28)33(60)21(45)9-4-14-43/h19,21-26,31,58,62H,2-18,42-50H2,1H3,(H,66,67)(H4,51,52,55)(H4,53,54,56). The van der Waals surface area contributed by atoms with Crippen LogP contribution in [0, 0.1) is 0 Å². The van der Waals surface area contributed by atoms with Crippen molar-refractivity contribution in [2.75, 3.05) is 32.7 Å². The van der Waals surface area contributed by atoms with Crippen LogP contribution in [-0.4, -0.2) is 154 Å². The van der Waals surface area contributed by atoms with Crippen molar-refractivity contribution in [1.29, 1.82) is 0 Å². The Hall–Kier alpha value is -5.55. The number of unbranched alkanes of at least 4 members (excludes halogenated alkanes) is 1. The van der Waals surface area contributed by atoms with E-state index in [2.05, 4.69) is 9.98 Å². The van der Waals surface area contributed by atoms with Gasteiger partial charge in [-0.25, -0.2) is 4.79 Å². The van der Waals surface area contributed by atoms with E-state index < -0.39 is 129 Å². The fraction of sp³-hybridized carbons (Fsp3) is 0.634. The summed E-state index contributed by atoms with van der Waals surface area (Å²) >= 11 is 0. The zero-order valence-electron chi connectivity index (χ0n) is 38.2. The van der Waals surface area contributed by atoms with Gasteiger partial charge in [-0.2, -0.15) is 0 Å². The zero-order valence-corrected chi connectivity index (χ0v) is 38.2. The van der Waals surface area contributed by atoms with Gasteiger partial charge in [0.2, 0.25) is 11.8 Å². The van der Waals surface area contributed by atoms with Crippen LogP contribution in [0.15, 0.2) is 9.98 Å². The Morgan fingerprint density at radius 3 is 1.27 bits per heavy atom. The third kappa shape index (κ3) is 17.2. The maximum Gasteiger partial charge on any atom is 0.327 e. The normalized spacial score (nSPS) is 14.9. The van der Waals surface area contributed by atoms with Crippen molar-refractivity contribution >= 4 is 52.8 Å². The summed E-state index contributed by atoms with van der Waals surface area (Å²) in [6.07, 6.45) is -2.80. The highest BCUT2D eigenvalue weighted by atomic mass is 16.4. The number of hydrogen-bond acceptors (Lipinski definition) is 20. The molecule has 0 fully saturated rings. The largest absolute Gasteiger partial charge is 0.506 e. The van der Waals surface area contributed by atoms with Gasteiger partial charge in [-0.3, -0.25) is 43.7 Å². The second-order valence-electron chi connectivity index (χ2n) is 16.2. The summed E-state index contributed by atoms with van der Waals surface area (Å²) in [5.74, 6) is -11.3. The van der Waals surface area contributed by atoms with Crippen molar-refractivity contribution in [2.45, 2.75) is 132 Å². The van der Waals surface area contributed by atoms with Crippen LogP contribution >= 0.6 is 0 Å². The molecule has 8 unspecified atom stereocenters. The number of amides is 2. The van der Waals surface area contributed by atoms with E-state index in [4.69, 9.17) is 74.5 Å². The van der Waals surface area contributed by atoms with Crippen molar-refractivity contribution in [3.63, 3.8) is 0 Å². The second-order valence-corrected chi connectivity index (χ2v) is 16.2. The van der Waals surface area contributed by atoms with Gasteiger partial charge in [0.25, 0.3) is 0 Å². The van der Waals surface area contributed by atoms with Crippen molar-refractivity contribution in [3.8, 4) is 5.75 Å². The molecule has 1 aromatic carbocycles. The highest BCUT2D eigenvalue weighted by Crippen LogP contribution is 2.39. The van der Waals surface area contributed by atoms with E-state index in [0.717, 1.165) is 6.92 Å². The topological polar surface area (TPSA) is 546 Å². The fourth-order valence-electron chi connectivity index (χ4n) is 7.08. The molecule has 0 spiro atoms. The van der Waals surface area contributed by atoms with E-state index in [0.29, 0.717) is 6.42 Å². The van der Waals surface area contributed by atoms with Gasteiger partial charge in [-0.15, -0.1) is 0 Å². The summed E-state index contributed by atoms with van der Waals surface area (Å²) in [6, 6.07) is -12.3. The number of benzene rings is 1. The Bertz CT molecular complexity index is 1940. The van der Waals surface area contributed by atoms with Crippen LogP contribution in [0.3, 0.4) is 0 Å². The average Bonchev–Trinajstić information content (AvgIpc) is 3.27. The van der Waals surface area contributed by atoms with Gasteiger partial charge in [-0.05, 0) is 96.3 Å². The maximum atomic E-state index is 15.0. The molecule has 0 saturated heterocycles. The number of nitrogens with zero attached hydrogens (tertiary/aromatic N) is 3. The van der Waals surface area contributed by atoms with Crippen LogP contribution in [0.25, 0.3) is 0 Å². The van der Waals surface area contributed by atoms with Crippen LogP contribution in [0.1, 0.15) is 125 Å². The summed E-state index contributed by atoms with van der Waals surface area (Å²) in [5, 5.41) is 34.0. The molecule has 0 aliphatic carbocycles.